The van der Waals surface area contributed by atoms with Crippen LogP contribution in [-0.4, -0.2) is 47.9 Å². The topological polar surface area (TPSA) is 103 Å². The molecule has 1 aliphatic heterocycles. The first-order valence-corrected chi connectivity index (χ1v) is 32.5. The molecule has 9 heteroatoms. The fourth-order valence-corrected chi connectivity index (χ4v) is 17.0. The minimum absolute atomic E-state index is 0.852. The zero-order valence-electron chi connectivity index (χ0n) is 50.2. The Morgan fingerprint density at radius 3 is 0.851 bits per heavy atom. The highest BCUT2D eigenvalue weighted by Crippen LogP contribution is 2.57. The summed E-state index contributed by atoms with van der Waals surface area (Å²) in [6.45, 7) is 18.5. The van der Waals surface area contributed by atoms with Gasteiger partial charge in [0.1, 0.15) is 8.07 Å². The van der Waals surface area contributed by atoms with Crippen molar-refractivity contribution in [1.29, 1.82) is 0 Å². The quantitative estimate of drug-likeness (QED) is 0.0985. The predicted octanol–water partition coefficient (Wildman–Crippen LogP) is 19.0. The molecular formula is C78H64N8Si. The molecule has 13 aromatic rings. The number of hydrogen-bond acceptors (Lipinski definition) is 8. The van der Waals surface area contributed by atoms with E-state index < -0.39 is 8.07 Å². The molecule has 87 heavy (non-hydrogen) atoms. The molecule has 0 atom stereocenters. The van der Waals surface area contributed by atoms with Gasteiger partial charge >= 0.3 is 0 Å². The number of pyridine rings is 8. The Morgan fingerprint density at radius 1 is 0.264 bits per heavy atom. The third-order valence-electron chi connectivity index (χ3n) is 16.6. The number of nitrogens with zero attached hydrogens (tertiary/aromatic N) is 8. The number of fused-ring (bicyclic) bond motifs is 2. The summed E-state index contributed by atoms with van der Waals surface area (Å²) >= 11 is 0. The molecule has 0 unspecified atom stereocenters. The van der Waals surface area contributed by atoms with E-state index in [1.54, 1.807) is 12.4 Å². The van der Waals surface area contributed by atoms with Crippen molar-refractivity contribution in [2.75, 3.05) is 0 Å². The standard InChI is InChI=1S/C44H42N4Si.C34H22N4/c1-27-21-29(3)39(30(4)22-27)41-42(40-31(5)23-28(2)24-32(40)6)44(34-16-18-38(48-26-34)36-14-10-12-20-46-36)49(7,8)43(41)33-15-17-37(47-25-33)35-13-9-11-19-45-35;1-2-12-24-23(11-1)33(31-19-9-17-29(37-31)27-15-5-7-21-35-27)25-13-3-4-14-26(25)34(24)32-20-10-18-30(38-32)28-16-6-8-22-36-28/h9-26H,1-8H3;1-22H. The summed E-state index contributed by atoms with van der Waals surface area (Å²) in [6.07, 6.45) is 11.4. The number of rotatable bonds is 10. The van der Waals surface area contributed by atoms with Gasteiger partial charge in [0, 0.05) is 48.3 Å². The van der Waals surface area contributed by atoms with Gasteiger partial charge in [0.15, 0.2) is 0 Å². The molecule has 14 rings (SSSR count). The van der Waals surface area contributed by atoms with E-state index in [1.165, 1.54) is 77.2 Å². The number of hydrogen-bond donors (Lipinski definition) is 0. The average molecular weight is 1140 g/mol. The monoisotopic (exact) mass is 1140 g/mol. The van der Waals surface area contributed by atoms with Gasteiger partial charge in [-0.15, -0.1) is 0 Å². The van der Waals surface area contributed by atoms with Crippen molar-refractivity contribution in [3.63, 3.8) is 0 Å². The molecule has 0 saturated carbocycles. The second-order valence-corrected chi connectivity index (χ2v) is 27.3. The Balaban J connectivity index is 0.000000166. The molecule has 0 N–H and O–H groups in total. The van der Waals surface area contributed by atoms with Crippen molar-refractivity contribution in [2.24, 2.45) is 0 Å². The third kappa shape index (κ3) is 10.7. The predicted molar refractivity (Wildman–Crippen MR) is 362 cm³/mol. The summed E-state index contributed by atoms with van der Waals surface area (Å²) in [5.74, 6) is 0. The lowest BCUT2D eigenvalue weighted by atomic mass is 9.82. The summed E-state index contributed by atoms with van der Waals surface area (Å²) in [5.41, 5.74) is 26.3. The number of aryl methyl sites for hydroxylation is 6. The van der Waals surface area contributed by atoms with E-state index in [2.05, 4.69) is 208 Å². The lowest BCUT2D eigenvalue weighted by molar-refractivity contribution is 1.24. The van der Waals surface area contributed by atoms with Crippen LogP contribution in [0.5, 0.6) is 0 Å². The second kappa shape index (κ2) is 23.5. The molecule has 0 amide bonds. The Hall–Kier alpha value is -10.5. The maximum absolute atomic E-state index is 5.08. The molecule has 0 saturated heterocycles. The molecule has 8 nitrogen and oxygen atoms in total. The van der Waals surface area contributed by atoms with Crippen LogP contribution in [0.4, 0.5) is 0 Å². The van der Waals surface area contributed by atoms with Crippen LogP contribution in [-0.2, 0) is 0 Å². The Bertz CT molecular complexity index is 4390. The van der Waals surface area contributed by atoms with Gasteiger partial charge in [-0.05, 0) is 214 Å². The van der Waals surface area contributed by atoms with Gasteiger partial charge in [0.25, 0.3) is 0 Å². The van der Waals surface area contributed by atoms with Crippen LogP contribution in [0.3, 0.4) is 0 Å². The van der Waals surface area contributed by atoms with E-state index in [4.69, 9.17) is 19.9 Å². The maximum Gasteiger partial charge on any atom is 0.115 e. The van der Waals surface area contributed by atoms with Crippen molar-refractivity contribution in [3.05, 3.63) is 299 Å². The molecule has 1 aliphatic rings. The average Bonchev–Trinajstić information content (AvgIpc) is 1.63. The highest BCUT2D eigenvalue weighted by molar-refractivity contribution is 7.13. The van der Waals surface area contributed by atoms with Crippen molar-refractivity contribution >= 4 is 51.2 Å². The smallest absolute Gasteiger partial charge is 0.115 e. The Labute approximate surface area is 510 Å². The van der Waals surface area contributed by atoms with Gasteiger partial charge < -0.3 is 0 Å². The van der Waals surface area contributed by atoms with Gasteiger partial charge in [0.05, 0.1) is 56.9 Å². The summed E-state index contributed by atoms with van der Waals surface area (Å²) in [4.78, 5) is 38.4. The van der Waals surface area contributed by atoms with E-state index in [1.807, 2.05) is 97.3 Å². The first-order valence-electron chi connectivity index (χ1n) is 29.5. The van der Waals surface area contributed by atoms with Crippen LogP contribution in [0.2, 0.25) is 13.1 Å². The second-order valence-electron chi connectivity index (χ2n) is 23.1. The van der Waals surface area contributed by atoms with Crippen LogP contribution in [0.25, 0.3) is 111 Å². The molecule has 9 heterocycles. The minimum Gasteiger partial charge on any atom is -0.255 e. The molecular weight excluding hydrogens is 1080 g/mol. The van der Waals surface area contributed by atoms with E-state index >= 15 is 0 Å². The zero-order chi connectivity index (χ0) is 59.8. The molecule has 0 aliphatic carbocycles. The molecule has 8 aromatic heterocycles. The molecule has 420 valence electrons. The Kier molecular flexibility index (Phi) is 15.1. The van der Waals surface area contributed by atoms with Crippen LogP contribution in [0.1, 0.15) is 55.6 Å². The van der Waals surface area contributed by atoms with Crippen LogP contribution < -0.4 is 0 Å². The van der Waals surface area contributed by atoms with Crippen LogP contribution in [0.15, 0.2) is 243 Å². The van der Waals surface area contributed by atoms with Crippen LogP contribution in [0, 0.1) is 41.5 Å². The van der Waals surface area contributed by atoms with E-state index in [9.17, 15) is 0 Å². The largest absolute Gasteiger partial charge is 0.255 e. The first kappa shape index (κ1) is 55.7. The lowest BCUT2D eigenvalue weighted by Crippen LogP contribution is -2.28. The van der Waals surface area contributed by atoms with E-state index in [0.717, 1.165) is 89.6 Å². The number of allylic oxidation sites excluding steroid dienone is 2. The highest BCUT2D eigenvalue weighted by Gasteiger charge is 2.45. The first-order chi connectivity index (χ1) is 42.4. The normalized spacial score (nSPS) is 12.8. The summed E-state index contributed by atoms with van der Waals surface area (Å²) in [7, 11) is -2.44. The molecule has 5 aromatic carbocycles. The van der Waals surface area contributed by atoms with E-state index in [-0.39, 0.29) is 0 Å². The molecule has 0 fully saturated rings. The third-order valence-corrected chi connectivity index (χ3v) is 20.2. The number of benzene rings is 5. The zero-order valence-corrected chi connectivity index (χ0v) is 51.2. The fraction of sp³-hybridized carbons (Fsp3) is 0.103. The summed E-state index contributed by atoms with van der Waals surface area (Å²) in [5, 5.41) is 7.35. The summed E-state index contributed by atoms with van der Waals surface area (Å²) in [6, 6.07) is 71.2. The Morgan fingerprint density at radius 2 is 0.552 bits per heavy atom. The van der Waals surface area contributed by atoms with Crippen LogP contribution >= 0.6 is 0 Å². The summed E-state index contributed by atoms with van der Waals surface area (Å²) < 4.78 is 0. The highest BCUT2D eigenvalue weighted by atomic mass is 28.3. The van der Waals surface area contributed by atoms with Crippen molar-refractivity contribution < 1.29 is 0 Å². The lowest BCUT2D eigenvalue weighted by Gasteiger charge is -2.26. The van der Waals surface area contributed by atoms with Crippen molar-refractivity contribution in [2.45, 2.75) is 54.6 Å². The van der Waals surface area contributed by atoms with Gasteiger partial charge in [-0.3, -0.25) is 29.9 Å². The van der Waals surface area contributed by atoms with Gasteiger partial charge in [-0.2, -0.15) is 0 Å². The van der Waals surface area contributed by atoms with Crippen molar-refractivity contribution in [3.8, 4) is 68.1 Å². The SMILES string of the molecule is Cc1cc(C)c(C2=C(c3ccc(-c4ccccn4)nc3)[Si](C)(C)C(c3ccc(-c4ccccn4)nc3)=C2c2c(C)cc(C)cc2C)c(C)c1.c1ccc(-c2cccc(-c3c4ccccc4c(-c4cccc(-c5ccccn5)n4)c4ccccc34)n2)nc1. The molecule has 0 radical (unpaired) electrons. The fourth-order valence-electron chi connectivity index (χ4n) is 13.2. The molecule has 0 spiro atoms. The van der Waals surface area contributed by atoms with Gasteiger partial charge in [-0.25, -0.2) is 9.97 Å². The minimum atomic E-state index is -2.44. The van der Waals surface area contributed by atoms with E-state index in [0.29, 0.717) is 0 Å². The van der Waals surface area contributed by atoms with Gasteiger partial charge in [0.2, 0.25) is 0 Å². The maximum atomic E-state index is 5.08. The molecule has 0 bridgehead atoms. The van der Waals surface area contributed by atoms with Gasteiger partial charge in [-0.1, -0.05) is 146 Å². The van der Waals surface area contributed by atoms with Crippen molar-refractivity contribution in [1.82, 2.24) is 39.9 Å². The number of aromatic nitrogens is 8.